The number of aliphatic carboxylic acids is 1. The van der Waals surface area contributed by atoms with Crippen LogP contribution in [0.15, 0.2) is 48.5 Å². The van der Waals surface area contributed by atoms with Crippen molar-refractivity contribution < 1.29 is 23.9 Å². The smallest absolute Gasteiger partial charge is 0.326 e. The monoisotopic (exact) mass is 397 g/mol. The molecule has 0 saturated heterocycles. The van der Waals surface area contributed by atoms with Crippen LogP contribution in [0, 0.1) is 17.1 Å². The van der Waals surface area contributed by atoms with Crippen molar-refractivity contribution in [3.8, 4) is 6.07 Å². The van der Waals surface area contributed by atoms with Crippen LogP contribution in [0.2, 0.25) is 0 Å². The summed E-state index contributed by atoms with van der Waals surface area (Å²) in [6, 6.07) is 11.8. The highest BCUT2D eigenvalue weighted by Gasteiger charge is 2.27. The molecule has 0 unspecified atom stereocenters. The Labute approximate surface area is 167 Å². The minimum Gasteiger partial charge on any atom is -0.480 e. The number of rotatable bonds is 8. The van der Waals surface area contributed by atoms with Gasteiger partial charge >= 0.3 is 5.97 Å². The maximum atomic E-state index is 13.9. The molecule has 0 fully saturated rings. The summed E-state index contributed by atoms with van der Waals surface area (Å²) in [5, 5.41) is 23.5. The van der Waals surface area contributed by atoms with E-state index < -0.39 is 35.7 Å². The number of nitrogens with zero attached hydrogens (tertiary/aromatic N) is 1. The summed E-state index contributed by atoms with van der Waals surface area (Å²) in [4.78, 5) is 35.8. The molecule has 2 aromatic carbocycles. The molecule has 0 heterocycles. The van der Waals surface area contributed by atoms with Crippen LogP contribution >= 0.6 is 0 Å². The molecule has 2 rings (SSSR count). The second kappa shape index (κ2) is 9.99. The molecule has 0 bridgehead atoms. The summed E-state index contributed by atoms with van der Waals surface area (Å²) in [5.41, 5.74) is 0.980. The second-order valence-electron chi connectivity index (χ2n) is 6.42. The number of amides is 2. The zero-order valence-corrected chi connectivity index (χ0v) is 15.7. The summed E-state index contributed by atoms with van der Waals surface area (Å²) >= 11 is 0. The van der Waals surface area contributed by atoms with Crippen molar-refractivity contribution in [2.75, 3.05) is 0 Å². The van der Waals surface area contributed by atoms with Gasteiger partial charge in [-0.3, -0.25) is 9.59 Å². The summed E-state index contributed by atoms with van der Waals surface area (Å²) in [7, 11) is 0. The highest BCUT2D eigenvalue weighted by atomic mass is 19.1. The van der Waals surface area contributed by atoms with Gasteiger partial charge in [-0.1, -0.05) is 36.4 Å². The predicted molar refractivity (Wildman–Crippen MR) is 102 cm³/mol. The second-order valence-corrected chi connectivity index (χ2v) is 6.42. The lowest BCUT2D eigenvalue weighted by atomic mass is 10.00. The van der Waals surface area contributed by atoms with Crippen molar-refractivity contribution in [1.29, 1.82) is 5.26 Å². The SMILES string of the molecule is CC(=O)N[C@@H](Cc1ccccc1F)C(=O)N[C@@H](Cc1ccccc1C#N)C(=O)O. The molecule has 0 spiro atoms. The minimum absolute atomic E-state index is 0.114. The molecule has 0 aliphatic carbocycles. The zero-order chi connectivity index (χ0) is 21.4. The van der Waals surface area contributed by atoms with E-state index >= 15 is 0 Å². The topological polar surface area (TPSA) is 119 Å². The van der Waals surface area contributed by atoms with Crippen molar-refractivity contribution in [2.45, 2.75) is 31.8 Å². The van der Waals surface area contributed by atoms with Crippen LogP contribution in [0.5, 0.6) is 0 Å². The first-order chi connectivity index (χ1) is 13.8. The third-order valence-electron chi connectivity index (χ3n) is 4.25. The first kappa shape index (κ1) is 21.6. The maximum absolute atomic E-state index is 13.9. The van der Waals surface area contributed by atoms with E-state index in [0.29, 0.717) is 11.1 Å². The average Bonchev–Trinajstić information content (AvgIpc) is 2.68. The number of carboxylic acid groups (broad SMARTS) is 1. The number of halogens is 1. The average molecular weight is 397 g/mol. The van der Waals surface area contributed by atoms with Gasteiger partial charge in [-0.15, -0.1) is 0 Å². The van der Waals surface area contributed by atoms with Crippen LogP contribution in [-0.4, -0.2) is 35.0 Å². The lowest BCUT2D eigenvalue weighted by molar-refractivity contribution is -0.142. The third kappa shape index (κ3) is 6.14. The number of carbonyl (C=O) groups excluding carboxylic acids is 2. The molecular formula is C21H20FN3O4. The van der Waals surface area contributed by atoms with E-state index in [4.69, 9.17) is 5.26 Å². The number of nitriles is 1. The van der Waals surface area contributed by atoms with Crippen molar-refractivity contribution in [3.05, 3.63) is 71.0 Å². The molecule has 3 N–H and O–H groups in total. The molecule has 0 aliphatic rings. The number of benzene rings is 2. The number of nitrogens with one attached hydrogen (secondary N) is 2. The molecule has 0 radical (unpaired) electrons. The van der Waals surface area contributed by atoms with Crippen molar-refractivity contribution in [1.82, 2.24) is 10.6 Å². The largest absolute Gasteiger partial charge is 0.480 e. The molecule has 150 valence electrons. The fourth-order valence-corrected chi connectivity index (χ4v) is 2.84. The number of hydrogen-bond acceptors (Lipinski definition) is 4. The van der Waals surface area contributed by atoms with Gasteiger partial charge < -0.3 is 15.7 Å². The van der Waals surface area contributed by atoms with E-state index in [-0.39, 0.29) is 18.4 Å². The summed E-state index contributed by atoms with van der Waals surface area (Å²) in [6.45, 7) is 1.21. The Bertz CT molecular complexity index is 955. The van der Waals surface area contributed by atoms with Gasteiger partial charge in [0.2, 0.25) is 11.8 Å². The van der Waals surface area contributed by atoms with Crippen molar-refractivity contribution in [3.63, 3.8) is 0 Å². The van der Waals surface area contributed by atoms with Gasteiger partial charge in [0, 0.05) is 19.8 Å². The lowest BCUT2D eigenvalue weighted by Gasteiger charge is -2.21. The van der Waals surface area contributed by atoms with Crippen LogP contribution in [0.25, 0.3) is 0 Å². The van der Waals surface area contributed by atoms with Gasteiger partial charge in [-0.25, -0.2) is 9.18 Å². The molecule has 29 heavy (non-hydrogen) atoms. The van der Waals surface area contributed by atoms with Gasteiger partial charge in [0.15, 0.2) is 0 Å². The molecule has 7 nitrogen and oxygen atoms in total. The van der Waals surface area contributed by atoms with Crippen LogP contribution in [0.3, 0.4) is 0 Å². The van der Waals surface area contributed by atoms with Gasteiger partial charge in [-0.05, 0) is 23.3 Å². The molecule has 8 heteroatoms. The van der Waals surface area contributed by atoms with Gasteiger partial charge in [0.1, 0.15) is 17.9 Å². The Morgan fingerprint density at radius 3 is 2.17 bits per heavy atom. The van der Waals surface area contributed by atoms with E-state index in [9.17, 15) is 23.9 Å². The molecule has 2 atom stereocenters. The van der Waals surface area contributed by atoms with E-state index in [2.05, 4.69) is 10.6 Å². The Morgan fingerprint density at radius 2 is 1.59 bits per heavy atom. The van der Waals surface area contributed by atoms with Crippen LogP contribution in [0.1, 0.15) is 23.6 Å². The van der Waals surface area contributed by atoms with Crippen LogP contribution < -0.4 is 10.6 Å². The fraction of sp³-hybridized carbons (Fsp3) is 0.238. The Kier molecular flexibility index (Phi) is 7.43. The molecule has 2 aromatic rings. The van der Waals surface area contributed by atoms with Gasteiger partial charge in [-0.2, -0.15) is 5.26 Å². The van der Waals surface area contributed by atoms with E-state index in [1.54, 1.807) is 30.3 Å². The number of carbonyl (C=O) groups is 3. The van der Waals surface area contributed by atoms with Gasteiger partial charge in [0.25, 0.3) is 0 Å². The summed E-state index contributed by atoms with van der Waals surface area (Å²) in [5.74, 6) is -3.10. The van der Waals surface area contributed by atoms with Gasteiger partial charge in [0.05, 0.1) is 11.6 Å². The Morgan fingerprint density at radius 1 is 1.00 bits per heavy atom. The van der Waals surface area contributed by atoms with Crippen LogP contribution in [0.4, 0.5) is 4.39 Å². The third-order valence-corrected chi connectivity index (χ3v) is 4.25. The summed E-state index contributed by atoms with van der Waals surface area (Å²) in [6.07, 6.45) is -0.253. The molecule has 2 amide bonds. The highest BCUT2D eigenvalue weighted by Crippen LogP contribution is 2.12. The zero-order valence-electron chi connectivity index (χ0n) is 15.7. The highest BCUT2D eigenvalue weighted by molar-refractivity contribution is 5.90. The number of hydrogen-bond donors (Lipinski definition) is 3. The first-order valence-corrected chi connectivity index (χ1v) is 8.83. The normalized spacial score (nSPS) is 12.3. The van der Waals surface area contributed by atoms with E-state index in [0.717, 1.165) is 0 Å². The molecule has 0 aliphatic heterocycles. The van der Waals surface area contributed by atoms with E-state index in [1.807, 2.05) is 6.07 Å². The Hall–Kier alpha value is -3.73. The van der Waals surface area contributed by atoms with Crippen molar-refractivity contribution >= 4 is 17.8 Å². The minimum atomic E-state index is -1.33. The lowest BCUT2D eigenvalue weighted by Crippen LogP contribution is -2.52. The Balaban J connectivity index is 2.20. The van der Waals surface area contributed by atoms with E-state index in [1.165, 1.54) is 25.1 Å². The first-order valence-electron chi connectivity index (χ1n) is 8.83. The van der Waals surface area contributed by atoms with Crippen LogP contribution in [-0.2, 0) is 27.2 Å². The van der Waals surface area contributed by atoms with Crippen molar-refractivity contribution in [2.24, 2.45) is 0 Å². The predicted octanol–water partition coefficient (Wildman–Crippen LogP) is 1.56. The number of carboxylic acids is 1. The fourth-order valence-electron chi connectivity index (χ4n) is 2.84. The molecular weight excluding hydrogens is 377 g/mol. The standard InChI is InChI=1S/C21H20FN3O4/c1-13(26)24-18(11-15-7-4-5-9-17(15)22)20(27)25-19(21(28)29)10-14-6-2-3-8-16(14)12-23/h2-9,18-19H,10-11H2,1H3,(H,24,26)(H,25,27)(H,28,29)/t18-,19-/m0/s1. The summed E-state index contributed by atoms with van der Waals surface area (Å²) < 4.78 is 13.9. The molecule has 0 saturated carbocycles. The molecule has 0 aromatic heterocycles. The maximum Gasteiger partial charge on any atom is 0.326 e. The quantitative estimate of drug-likeness (QED) is 0.624.